The Morgan fingerprint density at radius 2 is 1.83 bits per heavy atom. The number of likely N-dealkylation sites (tertiary alicyclic amines) is 1. The number of benzene rings is 2. The molecule has 2 heterocycles. The lowest BCUT2D eigenvalue weighted by Gasteiger charge is -2.40. The zero-order valence-corrected chi connectivity index (χ0v) is 22.0. The monoisotopic (exact) mass is 497 g/mol. The van der Waals surface area contributed by atoms with Gasteiger partial charge in [0.2, 0.25) is 5.91 Å². The summed E-state index contributed by atoms with van der Waals surface area (Å²) in [6.45, 7) is 4.81. The van der Waals surface area contributed by atoms with E-state index in [-0.39, 0.29) is 11.8 Å². The van der Waals surface area contributed by atoms with Crippen molar-refractivity contribution in [1.82, 2.24) is 15.1 Å². The Labute approximate surface area is 212 Å². The van der Waals surface area contributed by atoms with Gasteiger partial charge in [0, 0.05) is 30.1 Å². The zero-order chi connectivity index (χ0) is 25.1. The third-order valence-corrected chi connectivity index (χ3v) is 8.08. The summed E-state index contributed by atoms with van der Waals surface area (Å²) >= 11 is 1.66. The maximum absolute atomic E-state index is 13.9. The van der Waals surface area contributed by atoms with Crippen LogP contribution in [-0.2, 0) is 4.79 Å². The van der Waals surface area contributed by atoms with Crippen molar-refractivity contribution in [2.24, 2.45) is 0 Å². The minimum absolute atomic E-state index is 0.0836. The van der Waals surface area contributed by atoms with Gasteiger partial charge in [-0.1, -0.05) is 19.1 Å². The molecule has 2 aliphatic heterocycles. The number of hydrogen-bond donors (Lipinski definition) is 1. The number of carbonyl (C=O) groups is 2. The lowest BCUT2D eigenvalue weighted by atomic mass is 9.79. The maximum Gasteiger partial charge on any atom is 0.254 e. The van der Waals surface area contributed by atoms with Crippen LogP contribution in [0.2, 0.25) is 0 Å². The average molecular weight is 498 g/mol. The first kappa shape index (κ1) is 25.4. The number of ether oxygens (including phenoxy) is 2. The Hall–Kier alpha value is -2.71. The van der Waals surface area contributed by atoms with Crippen LogP contribution in [0.4, 0.5) is 0 Å². The van der Waals surface area contributed by atoms with Gasteiger partial charge in [0.25, 0.3) is 5.91 Å². The highest BCUT2D eigenvalue weighted by molar-refractivity contribution is 7.98. The van der Waals surface area contributed by atoms with Crippen molar-refractivity contribution in [3.05, 3.63) is 53.1 Å². The molecule has 1 fully saturated rings. The predicted octanol–water partition coefficient (Wildman–Crippen LogP) is 3.94. The summed E-state index contributed by atoms with van der Waals surface area (Å²) in [6.07, 6.45) is 4.26. The second-order valence-electron chi connectivity index (χ2n) is 9.08. The average Bonchev–Trinajstić information content (AvgIpc) is 3.36. The smallest absolute Gasteiger partial charge is 0.254 e. The molecule has 2 amide bonds. The molecular formula is C27H35N3O4S. The van der Waals surface area contributed by atoms with E-state index in [1.54, 1.807) is 50.1 Å². The summed E-state index contributed by atoms with van der Waals surface area (Å²) in [7, 11) is 4.88. The van der Waals surface area contributed by atoms with E-state index in [0.29, 0.717) is 35.2 Å². The topological polar surface area (TPSA) is 71.1 Å². The molecule has 0 bridgehead atoms. The molecule has 0 radical (unpaired) electrons. The van der Waals surface area contributed by atoms with Gasteiger partial charge in [0.1, 0.15) is 0 Å². The molecule has 2 aromatic carbocycles. The SMILES string of the molecule is CCN1CCCC1CNC(=O)C1c2cc(OC)c(OC)cc2C(=O)N(C)C1c1ccc(SC)cc1. The highest BCUT2D eigenvalue weighted by Crippen LogP contribution is 2.45. The van der Waals surface area contributed by atoms with Crippen LogP contribution in [0.3, 0.4) is 0 Å². The van der Waals surface area contributed by atoms with Crippen LogP contribution < -0.4 is 14.8 Å². The molecule has 2 aromatic rings. The number of fused-ring (bicyclic) bond motifs is 1. The van der Waals surface area contributed by atoms with Gasteiger partial charge in [0.15, 0.2) is 11.5 Å². The van der Waals surface area contributed by atoms with Crippen molar-refractivity contribution in [2.45, 2.75) is 42.7 Å². The zero-order valence-electron chi connectivity index (χ0n) is 21.2. The standard InChI is InChI=1S/C27H35N3O4S/c1-6-30-13-7-8-18(30)16-28-26(31)24-20-14-22(33-3)23(34-4)15-21(20)27(32)29(2)25(24)17-9-11-19(35-5)12-10-17/h9-12,14-15,18,24-25H,6-8,13,16H2,1-5H3,(H,28,31). The molecule has 7 nitrogen and oxygen atoms in total. The van der Waals surface area contributed by atoms with E-state index in [1.807, 2.05) is 30.5 Å². The molecule has 0 saturated carbocycles. The molecule has 1 N–H and O–H groups in total. The van der Waals surface area contributed by atoms with Gasteiger partial charge in [-0.25, -0.2) is 0 Å². The van der Waals surface area contributed by atoms with Gasteiger partial charge in [-0.3, -0.25) is 14.5 Å². The van der Waals surface area contributed by atoms with E-state index in [0.717, 1.165) is 36.4 Å². The molecule has 0 aromatic heterocycles. The van der Waals surface area contributed by atoms with Gasteiger partial charge < -0.3 is 19.7 Å². The van der Waals surface area contributed by atoms with Crippen molar-refractivity contribution < 1.29 is 19.1 Å². The Kier molecular flexibility index (Phi) is 7.91. The van der Waals surface area contributed by atoms with Gasteiger partial charge in [-0.2, -0.15) is 0 Å². The van der Waals surface area contributed by atoms with Crippen molar-refractivity contribution in [2.75, 3.05) is 47.2 Å². The minimum atomic E-state index is -0.580. The highest BCUT2D eigenvalue weighted by Gasteiger charge is 2.43. The molecule has 3 atom stereocenters. The molecule has 3 unspecified atom stereocenters. The number of likely N-dealkylation sites (N-methyl/N-ethyl adjacent to an activating group) is 2. The van der Waals surface area contributed by atoms with E-state index in [9.17, 15) is 9.59 Å². The number of methoxy groups -OCH3 is 2. The lowest BCUT2D eigenvalue weighted by molar-refractivity contribution is -0.124. The third-order valence-electron chi connectivity index (χ3n) is 7.33. The van der Waals surface area contributed by atoms with Crippen LogP contribution in [0.15, 0.2) is 41.3 Å². The number of nitrogens with zero attached hydrogens (tertiary/aromatic N) is 2. The van der Waals surface area contributed by atoms with Crippen molar-refractivity contribution in [3.8, 4) is 11.5 Å². The van der Waals surface area contributed by atoms with Crippen LogP contribution >= 0.6 is 11.8 Å². The van der Waals surface area contributed by atoms with E-state index in [1.165, 1.54) is 0 Å². The molecule has 2 aliphatic rings. The highest BCUT2D eigenvalue weighted by atomic mass is 32.2. The molecule has 0 spiro atoms. The Bertz CT molecular complexity index is 1070. The van der Waals surface area contributed by atoms with E-state index in [2.05, 4.69) is 17.1 Å². The predicted molar refractivity (Wildman–Crippen MR) is 139 cm³/mol. The number of rotatable bonds is 8. The van der Waals surface area contributed by atoms with Gasteiger partial charge in [-0.05, 0) is 67.6 Å². The molecule has 8 heteroatoms. The van der Waals surface area contributed by atoms with Crippen molar-refractivity contribution >= 4 is 23.6 Å². The Morgan fingerprint density at radius 1 is 1.14 bits per heavy atom. The fraction of sp³-hybridized carbons (Fsp3) is 0.481. The summed E-state index contributed by atoms with van der Waals surface area (Å²) in [4.78, 5) is 32.6. The number of carbonyl (C=O) groups excluding carboxylic acids is 2. The van der Waals surface area contributed by atoms with Crippen molar-refractivity contribution in [1.29, 1.82) is 0 Å². The third kappa shape index (κ3) is 4.86. The second-order valence-corrected chi connectivity index (χ2v) is 9.96. The molecular weight excluding hydrogens is 462 g/mol. The normalized spacial score (nSPS) is 22.1. The van der Waals surface area contributed by atoms with Gasteiger partial charge in [-0.15, -0.1) is 11.8 Å². The summed E-state index contributed by atoms with van der Waals surface area (Å²) in [5.41, 5.74) is 2.06. The number of hydrogen-bond acceptors (Lipinski definition) is 6. The van der Waals surface area contributed by atoms with E-state index >= 15 is 0 Å². The summed E-state index contributed by atoms with van der Waals surface area (Å²) in [5, 5.41) is 3.23. The quantitative estimate of drug-likeness (QED) is 0.557. The first-order valence-electron chi connectivity index (χ1n) is 12.1. The molecule has 188 valence electrons. The lowest BCUT2D eigenvalue weighted by Crippen LogP contribution is -2.48. The molecule has 0 aliphatic carbocycles. The summed E-state index contributed by atoms with van der Waals surface area (Å²) in [5.74, 6) is 0.172. The molecule has 1 saturated heterocycles. The van der Waals surface area contributed by atoms with E-state index in [4.69, 9.17) is 9.47 Å². The number of thioether (sulfide) groups is 1. The first-order valence-corrected chi connectivity index (χ1v) is 13.3. The molecule has 4 rings (SSSR count). The second kappa shape index (κ2) is 10.9. The fourth-order valence-corrected chi connectivity index (χ4v) is 5.83. The molecule has 35 heavy (non-hydrogen) atoms. The Balaban J connectivity index is 1.76. The fourth-order valence-electron chi connectivity index (χ4n) is 5.42. The van der Waals surface area contributed by atoms with Crippen LogP contribution in [-0.4, -0.2) is 74.8 Å². The number of nitrogens with one attached hydrogen (secondary N) is 1. The summed E-state index contributed by atoms with van der Waals surface area (Å²) in [6, 6.07) is 11.5. The maximum atomic E-state index is 13.9. The van der Waals surface area contributed by atoms with Gasteiger partial charge in [0.05, 0.1) is 26.2 Å². The largest absolute Gasteiger partial charge is 0.493 e. The summed E-state index contributed by atoms with van der Waals surface area (Å²) < 4.78 is 11.0. The number of amides is 2. The first-order chi connectivity index (χ1) is 16.9. The van der Waals surface area contributed by atoms with Crippen LogP contribution in [0, 0.1) is 0 Å². The minimum Gasteiger partial charge on any atom is -0.493 e. The van der Waals surface area contributed by atoms with Crippen LogP contribution in [0.1, 0.15) is 53.2 Å². The van der Waals surface area contributed by atoms with Gasteiger partial charge >= 0.3 is 0 Å². The van der Waals surface area contributed by atoms with Crippen LogP contribution in [0.25, 0.3) is 0 Å². The van der Waals surface area contributed by atoms with Crippen LogP contribution in [0.5, 0.6) is 11.5 Å². The van der Waals surface area contributed by atoms with E-state index < -0.39 is 12.0 Å². The Morgan fingerprint density at radius 3 is 2.46 bits per heavy atom. The van der Waals surface area contributed by atoms with Crippen molar-refractivity contribution in [3.63, 3.8) is 0 Å².